The van der Waals surface area contributed by atoms with E-state index < -0.39 is 5.54 Å². The number of carbonyl (C=O) groups is 1. The molecule has 0 bridgehead atoms. The standard InChI is InChI=1S/C18H24N4O3/c1-11-9-12(2)19-14(4)16(11)20-17(23)21-18(5-7-24-8-6-18)15-10-13(3)22-25-15/h9-10H,5-8H2,1-4H3,(H2,20,21,23). The minimum Gasteiger partial charge on any atom is -0.381 e. The van der Waals surface area contributed by atoms with E-state index in [0.717, 1.165) is 28.3 Å². The lowest BCUT2D eigenvalue weighted by Crippen LogP contribution is -2.50. The predicted molar refractivity (Wildman–Crippen MR) is 93.6 cm³/mol. The third kappa shape index (κ3) is 3.66. The van der Waals surface area contributed by atoms with Gasteiger partial charge in [-0.2, -0.15) is 0 Å². The number of rotatable bonds is 3. The van der Waals surface area contributed by atoms with Gasteiger partial charge in [0.1, 0.15) is 5.54 Å². The normalized spacial score (nSPS) is 16.5. The summed E-state index contributed by atoms with van der Waals surface area (Å²) in [6.07, 6.45) is 1.28. The van der Waals surface area contributed by atoms with E-state index >= 15 is 0 Å². The Kier molecular flexibility index (Phi) is 4.76. The molecule has 2 aromatic heterocycles. The summed E-state index contributed by atoms with van der Waals surface area (Å²) in [6, 6.07) is 3.54. The first kappa shape index (κ1) is 17.4. The average molecular weight is 344 g/mol. The SMILES string of the molecule is Cc1cc(C2(NC(=O)Nc3c(C)cc(C)nc3C)CCOCC2)on1. The van der Waals surface area contributed by atoms with Crippen LogP contribution in [-0.2, 0) is 10.3 Å². The van der Waals surface area contributed by atoms with Crippen molar-refractivity contribution in [2.24, 2.45) is 0 Å². The zero-order chi connectivity index (χ0) is 18.0. The Labute approximate surface area is 147 Å². The van der Waals surface area contributed by atoms with Crippen LogP contribution in [-0.4, -0.2) is 29.4 Å². The topological polar surface area (TPSA) is 89.3 Å². The summed E-state index contributed by atoms with van der Waals surface area (Å²) in [5.74, 6) is 0.666. The molecule has 2 aromatic rings. The highest BCUT2D eigenvalue weighted by Crippen LogP contribution is 2.33. The van der Waals surface area contributed by atoms with Crippen LogP contribution in [0.3, 0.4) is 0 Å². The van der Waals surface area contributed by atoms with Crippen LogP contribution < -0.4 is 10.6 Å². The first-order chi connectivity index (χ1) is 11.9. The molecule has 25 heavy (non-hydrogen) atoms. The van der Waals surface area contributed by atoms with E-state index in [4.69, 9.17) is 9.26 Å². The lowest BCUT2D eigenvalue weighted by molar-refractivity contribution is 0.0307. The quantitative estimate of drug-likeness (QED) is 0.893. The summed E-state index contributed by atoms with van der Waals surface area (Å²) in [5.41, 5.74) is 3.63. The van der Waals surface area contributed by atoms with Crippen LogP contribution in [0.25, 0.3) is 0 Å². The Bertz CT molecular complexity index is 755. The van der Waals surface area contributed by atoms with Gasteiger partial charge in [-0.15, -0.1) is 0 Å². The van der Waals surface area contributed by atoms with Gasteiger partial charge < -0.3 is 19.9 Å². The summed E-state index contributed by atoms with van der Waals surface area (Å²) < 4.78 is 10.9. The minimum absolute atomic E-state index is 0.284. The zero-order valence-corrected chi connectivity index (χ0v) is 15.1. The molecule has 7 heteroatoms. The molecule has 0 atom stereocenters. The van der Waals surface area contributed by atoms with Crippen molar-refractivity contribution in [1.82, 2.24) is 15.5 Å². The molecule has 7 nitrogen and oxygen atoms in total. The van der Waals surface area contributed by atoms with Gasteiger partial charge in [0.15, 0.2) is 5.76 Å². The van der Waals surface area contributed by atoms with Crippen molar-refractivity contribution in [3.05, 3.63) is 40.5 Å². The number of aromatic nitrogens is 2. The largest absolute Gasteiger partial charge is 0.381 e. The Morgan fingerprint density at radius 2 is 1.84 bits per heavy atom. The molecule has 2 N–H and O–H groups in total. The van der Waals surface area contributed by atoms with Crippen molar-refractivity contribution in [3.8, 4) is 0 Å². The molecule has 1 aliphatic heterocycles. The van der Waals surface area contributed by atoms with Gasteiger partial charge >= 0.3 is 6.03 Å². The summed E-state index contributed by atoms with van der Waals surface area (Å²) in [4.78, 5) is 17.1. The van der Waals surface area contributed by atoms with Crippen molar-refractivity contribution in [2.75, 3.05) is 18.5 Å². The molecule has 0 unspecified atom stereocenters. The van der Waals surface area contributed by atoms with Crippen LogP contribution in [0, 0.1) is 27.7 Å². The number of nitrogens with zero attached hydrogens (tertiary/aromatic N) is 2. The van der Waals surface area contributed by atoms with Crippen LogP contribution >= 0.6 is 0 Å². The fraction of sp³-hybridized carbons (Fsp3) is 0.500. The number of pyridine rings is 1. The maximum Gasteiger partial charge on any atom is 0.320 e. The van der Waals surface area contributed by atoms with Gasteiger partial charge in [-0.1, -0.05) is 5.16 Å². The smallest absolute Gasteiger partial charge is 0.320 e. The number of aryl methyl sites for hydroxylation is 4. The van der Waals surface area contributed by atoms with Gasteiger partial charge in [-0.25, -0.2) is 4.79 Å². The molecule has 0 aromatic carbocycles. The lowest BCUT2D eigenvalue weighted by atomic mass is 9.87. The second kappa shape index (κ2) is 6.84. The van der Waals surface area contributed by atoms with Crippen LogP contribution in [0.15, 0.2) is 16.7 Å². The molecular formula is C18H24N4O3. The molecule has 1 fully saturated rings. The van der Waals surface area contributed by atoms with Gasteiger partial charge in [0.05, 0.1) is 17.1 Å². The first-order valence-electron chi connectivity index (χ1n) is 8.45. The predicted octanol–water partition coefficient (Wildman–Crippen LogP) is 3.13. The number of hydrogen-bond acceptors (Lipinski definition) is 5. The first-order valence-corrected chi connectivity index (χ1v) is 8.45. The van der Waals surface area contributed by atoms with E-state index in [2.05, 4.69) is 20.8 Å². The highest BCUT2D eigenvalue weighted by molar-refractivity contribution is 5.91. The molecule has 0 saturated carbocycles. The molecule has 1 saturated heterocycles. The maximum absolute atomic E-state index is 12.7. The molecule has 0 aliphatic carbocycles. The van der Waals surface area contributed by atoms with Crippen molar-refractivity contribution in [2.45, 2.75) is 46.1 Å². The third-order valence-corrected chi connectivity index (χ3v) is 4.56. The summed E-state index contributed by atoms with van der Waals surface area (Å²) in [6.45, 7) is 8.77. The number of carbonyl (C=O) groups excluding carboxylic acids is 1. The lowest BCUT2D eigenvalue weighted by Gasteiger charge is -2.35. The highest BCUT2D eigenvalue weighted by Gasteiger charge is 2.39. The Morgan fingerprint density at radius 1 is 1.12 bits per heavy atom. The number of hydrogen-bond donors (Lipinski definition) is 2. The Balaban J connectivity index is 1.82. The van der Waals surface area contributed by atoms with E-state index in [0.29, 0.717) is 31.8 Å². The number of anilines is 1. The van der Waals surface area contributed by atoms with E-state index in [1.165, 1.54) is 0 Å². The summed E-state index contributed by atoms with van der Waals surface area (Å²) in [7, 11) is 0. The highest BCUT2D eigenvalue weighted by atomic mass is 16.5. The molecule has 3 heterocycles. The van der Waals surface area contributed by atoms with Gasteiger partial charge in [0, 0.05) is 37.8 Å². The Morgan fingerprint density at radius 3 is 2.44 bits per heavy atom. The van der Waals surface area contributed by atoms with Crippen molar-refractivity contribution in [1.29, 1.82) is 0 Å². The third-order valence-electron chi connectivity index (χ3n) is 4.56. The molecule has 2 amide bonds. The molecule has 0 spiro atoms. The number of amides is 2. The van der Waals surface area contributed by atoms with E-state index in [9.17, 15) is 4.79 Å². The second-order valence-electron chi connectivity index (χ2n) is 6.65. The molecule has 0 radical (unpaired) electrons. The summed E-state index contributed by atoms with van der Waals surface area (Å²) in [5, 5.41) is 10.00. The molecule has 1 aliphatic rings. The molecule has 134 valence electrons. The molecular weight excluding hydrogens is 320 g/mol. The molecule has 3 rings (SSSR count). The Hall–Kier alpha value is -2.41. The zero-order valence-electron chi connectivity index (χ0n) is 15.1. The number of nitrogens with one attached hydrogen (secondary N) is 2. The van der Waals surface area contributed by atoms with E-state index in [-0.39, 0.29) is 6.03 Å². The second-order valence-corrected chi connectivity index (χ2v) is 6.65. The number of ether oxygens (including phenoxy) is 1. The van der Waals surface area contributed by atoms with Crippen LogP contribution in [0.4, 0.5) is 10.5 Å². The average Bonchev–Trinajstić information content (AvgIpc) is 2.99. The van der Waals surface area contributed by atoms with Crippen molar-refractivity contribution < 1.29 is 14.1 Å². The maximum atomic E-state index is 12.7. The van der Waals surface area contributed by atoms with E-state index in [1.807, 2.05) is 39.8 Å². The van der Waals surface area contributed by atoms with Gasteiger partial charge in [0.25, 0.3) is 0 Å². The van der Waals surface area contributed by atoms with Crippen LogP contribution in [0.2, 0.25) is 0 Å². The van der Waals surface area contributed by atoms with Crippen LogP contribution in [0.1, 0.15) is 41.2 Å². The van der Waals surface area contributed by atoms with Crippen LogP contribution in [0.5, 0.6) is 0 Å². The fourth-order valence-corrected chi connectivity index (χ4v) is 3.32. The minimum atomic E-state index is -0.608. The van der Waals surface area contributed by atoms with E-state index in [1.54, 1.807) is 0 Å². The monoisotopic (exact) mass is 344 g/mol. The van der Waals surface area contributed by atoms with Crippen molar-refractivity contribution >= 4 is 11.7 Å². The van der Waals surface area contributed by atoms with Gasteiger partial charge in [-0.05, 0) is 39.3 Å². The van der Waals surface area contributed by atoms with Gasteiger partial charge in [-0.3, -0.25) is 4.98 Å². The van der Waals surface area contributed by atoms with Gasteiger partial charge in [0.2, 0.25) is 0 Å². The number of urea groups is 1. The summed E-state index contributed by atoms with van der Waals surface area (Å²) >= 11 is 0. The van der Waals surface area contributed by atoms with Crippen molar-refractivity contribution in [3.63, 3.8) is 0 Å². The fourth-order valence-electron chi connectivity index (χ4n) is 3.32.